The highest BCUT2D eigenvalue weighted by Gasteiger charge is 2.17. The highest BCUT2D eigenvalue weighted by Crippen LogP contribution is 2.10. The quantitative estimate of drug-likeness (QED) is 0.686. The standard InChI is InChI=1S/C19H27N5O2/c1-16(25)21-7-8-22-19(26)15-24-10-2-9-23(11-12-24)14-18-5-3-17(13-20)4-6-18/h3-6H,2,7-12,14-15H2,1H3,(H,21,25)(H,22,26). The molecule has 2 rings (SSSR count). The summed E-state index contributed by atoms with van der Waals surface area (Å²) >= 11 is 0. The van der Waals surface area contributed by atoms with E-state index in [1.54, 1.807) is 0 Å². The van der Waals surface area contributed by atoms with Gasteiger partial charge in [-0.1, -0.05) is 12.1 Å². The molecular formula is C19H27N5O2. The first-order valence-corrected chi connectivity index (χ1v) is 9.01. The van der Waals surface area contributed by atoms with Crippen molar-refractivity contribution in [2.45, 2.75) is 19.9 Å². The molecule has 1 saturated heterocycles. The molecule has 140 valence electrons. The van der Waals surface area contributed by atoms with Gasteiger partial charge in [-0.3, -0.25) is 19.4 Å². The van der Waals surface area contributed by atoms with Gasteiger partial charge in [0.1, 0.15) is 0 Å². The highest BCUT2D eigenvalue weighted by molar-refractivity contribution is 5.78. The second-order valence-electron chi connectivity index (χ2n) is 6.55. The summed E-state index contributed by atoms with van der Waals surface area (Å²) in [4.78, 5) is 27.3. The van der Waals surface area contributed by atoms with Crippen LogP contribution in [0.25, 0.3) is 0 Å². The van der Waals surface area contributed by atoms with E-state index in [1.165, 1.54) is 12.5 Å². The zero-order chi connectivity index (χ0) is 18.8. The van der Waals surface area contributed by atoms with Gasteiger partial charge in [0, 0.05) is 39.6 Å². The molecule has 1 heterocycles. The van der Waals surface area contributed by atoms with Crippen LogP contribution in [0, 0.1) is 11.3 Å². The molecule has 2 amide bonds. The van der Waals surface area contributed by atoms with Crippen LogP contribution in [0.1, 0.15) is 24.5 Å². The Kier molecular flexibility index (Phi) is 8.06. The largest absolute Gasteiger partial charge is 0.355 e. The molecule has 1 aliphatic heterocycles. The Morgan fingerprint density at radius 1 is 1.04 bits per heavy atom. The Bertz CT molecular complexity index is 638. The van der Waals surface area contributed by atoms with Gasteiger partial charge in [-0.2, -0.15) is 5.26 Å². The zero-order valence-electron chi connectivity index (χ0n) is 15.3. The van der Waals surface area contributed by atoms with Crippen molar-refractivity contribution in [2.24, 2.45) is 0 Å². The maximum atomic E-state index is 12.0. The van der Waals surface area contributed by atoms with Gasteiger partial charge in [0.15, 0.2) is 0 Å². The van der Waals surface area contributed by atoms with Crippen molar-refractivity contribution in [3.63, 3.8) is 0 Å². The summed E-state index contributed by atoms with van der Waals surface area (Å²) in [5.74, 6) is -0.0926. The fourth-order valence-electron chi connectivity index (χ4n) is 2.98. The highest BCUT2D eigenvalue weighted by atomic mass is 16.2. The number of nitriles is 1. The number of rotatable bonds is 7. The normalized spacial score (nSPS) is 15.7. The summed E-state index contributed by atoms with van der Waals surface area (Å²) in [6.45, 7) is 7.31. The molecule has 7 nitrogen and oxygen atoms in total. The number of amides is 2. The Labute approximate surface area is 155 Å². The van der Waals surface area contributed by atoms with Crippen molar-refractivity contribution in [3.05, 3.63) is 35.4 Å². The number of hydrogen-bond acceptors (Lipinski definition) is 5. The van der Waals surface area contributed by atoms with Crippen LogP contribution in [0.3, 0.4) is 0 Å². The van der Waals surface area contributed by atoms with Crippen molar-refractivity contribution in [3.8, 4) is 6.07 Å². The lowest BCUT2D eigenvalue weighted by Gasteiger charge is -2.21. The third kappa shape index (κ3) is 7.21. The Morgan fingerprint density at radius 2 is 1.69 bits per heavy atom. The lowest BCUT2D eigenvalue weighted by Crippen LogP contribution is -2.41. The summed E-state index contributed by atoms with van der Waals surface area (Å²) in [7, 11) is 0. The molecule has 1 aromatic rings. The van der Waals surface area contributed by atoms with Crippen molar-refractivity contribution in [2.75, 3.05) is 45.8 Å². The van der Waals surface area contributed by atoms with Gasteiger partial charge >= 0.3 is 0 Å². The van der Waals surface area contributed by atoms with Crippen LogP contribution >= 0.6 is 0 Å². The van der Waals surface area contributed by atoms with Crippen LogP contribution in [0.15, 0.2) is 24.3 Å². The van der Waals surface area contributed by atoms with E-state index in [4.69, 9.17) is 5.26 Å². The van der Waals surface area contributed by atoms with Gasteiger partial charge in [-0.25, -0.2) is 0 Å². The van der Waals surface area contributed by atoms with Gasteiger partial charge in [-0.15, -0.1) is 0 Å². The smallest absolute Gasteiger partial charge is 0.234 e. The molecular weight excluding hydrogens is 330 g/mol. The fraction of sp³-hybridized carbons (Fsp3) is 0.526. The third-order valence-electron chi connectivity index (χ3n) is 4.36. The molecule has 1 aliphatic rings. The van der Waals surface area contributed by atoms with Gasteiger partial charge < -0.3 is 10.6 Å². The van der Waals surface area contributed by atoms with E-state index in [-0.39, 0.29) is 11.8 Å². The number of carbonyl (C=O) groups excluding carboxylic acids is 2. The minimum atomic E-state index is -0.0888. The maximum absolute atomic E-state index is 12.0. The summed E-state index contributed by atoms with van der Waals surface area (Å²) in [5, 5.41) is 14.4. The average molecular weight is 357 g/mol. The zero-order valence-corrected chi connectivity index (χ0v) is 15.3. The van der Waals surface area contributed by atoms with Crippen LogP contribution < -0.4 is 10.6 Å². The van der Waals surface area contributed by atoms with E-state index in [0.29, 0.717) is 25.2 Å². The van der Waals surface area contributed by atoms with Crippen LogP contribution in [-0.2, 0) is 16.1 Å². The van der Waals surface area contributed by atoms with E-state index in [1.807, 2.05) is 24.3 Å². The number of carbonyl (C=O) groups is 2. The first-order valence-electron chi connectivity index (χ1n) is 9.01. The molecule has 1 fully saturated rings. The predicted octanol–water partition coefficient (Wildman–Crippen LogP) is 0.318. The molecule has 0 aromatic heterocycles. The minimum absolute atomic E-state index is 0.00380. The summed E-state index contributed by atoms with van der Waals surface area (Å²) in [5.41, 5.74) is 1.88. The van der Waals surface area contributed by atoms with Gasteiger partial charge in [0.2, 0.25) is 11.8 Å². The second kappa shape index (κ2) is 10.5. The fourth-order valence-corrected chi connectivity index (χ4v) is 2.98. The Morgan fingerprint density at radius 3 is 2.38 bits per heavy atom. The SMILES string of the molecule is CC(=O)NCCNC(=O)CN1CCCN(Cc2ccc(C#N)cc2)CC1. The van der Waals surface area contributed by atoms with E-state index in [9.17, 15) is 9.59 Å². The van der Waals surface area contributed by atoms with Gasteiger partial charge in [-0.05, 0) is 37.2 Å². The van der Waals surface area contributed by atoms with Gasteiger partial charge in [0.25, 0.3) is 0 Å². The molecule has 2 N–H and O–H groups in total. The molecule has 0 saturated carbocycles. The molecule has 0 spiro atoms. The van der Waals surface area contributed by atoms with E-state index in [2.05, 4.69) is 26.5 Å². The van der Waals surface area contributed by atoms with E-state index >= 15 is 0 Å². The summed E-state index contributed by atoms with van der Waals surface area (Å²) < 4.78 is 0. The minimum Gasteiger partial charge on any atom is -0.355 e. The molecule has 7 heteroatoms. The second-order valence-corrected chi connectivity index (χ2v) is 6.55. The average Bonchev–Trinajstić information content (AvgIpc) is 2.84. The molecule has 0 radical (unpaired) electrons. The van der Waals surface area contributed by atoms with Crippen molar-refractivity contribution >= 4 is 11.8 Å². The predicted molar refractivity (Wildman–Crippen MR) is 99.2 cm³/mol. The number of nitrogens with zero attached hydrogens (tertiary/aromatic N) is 3. The van der Waals surface area contributed by atoms with Crippen LogP contribution in [0.2, 0.25) is 0 Å². The molecule has 0 bridgehead atoms. The number of hydrogen-bond donors (Lipinski definition) is 2. The van der Waals surface area contributed by atoms with Crippen LogP contribution in [-0.4, -0.2) is 67.4 Å². The number of nitrogens with one attached hydrogen (secondary N) is 2. The van der Waals surface area contributed by atoms with E-state index < -0.39 is 0 Å². The topological polar surface area (TPSA) is 88.5 Å². The van der Waals surface area contributed by atoms with Gasteiger partial charge in [0.05, 0.1) is 18.2 Å². The molecule has 26 heavy (non-hydrogen) atoms. The van der Waals surface area contributed by atoms with Crippen LogP contribution in [0.5, 0.6) is 0 Å². The maximum Gasteiger partial charge on any atom is 0.234 e. The lowest BCUT2D eigenvalue weighted by atomic mass is 10.1. The molecule has 0 atom stereocenters. The van der Waals surface area contributed by atoms with Crippen molar-refractivity contribution in [1.29, 1.82) is 5.26 Å². The van der Waals surface area contributed by atoms with Crippen LogP contribution in [0.4, 0.5) is 0 Å². The van der Waals surface area contributed by atoms with Crippen molar-refractivity contribution < 1.29 is 9.59 Å². The molecule has 1 aromatic carbocycles. The Balaban J connectivity index is 1.70. The third-order valence-corrected chi connectivity index (χ3v) is 4.36. The Hall–Kier alpha value is -2.43. The first-order chi connectivity index (χ1) is 12.6. The monoisotopic (exact) mass is 357 g/mol. The lowest BCUT2D eigenvalue weighted by molar-refractivity contribution is -0.123. The molecule has 0 aliphatic carbocycles. The van der Waals surface area contributed by atoms with E-state index in [0.717, 1.165) is 39.1 Å². The number of benzene rings is 1. The van der Waals surface area contributed by atoms with Crippen molar-refractivity contribution in [1.82, 2.24) is 20.4 Å². The first kappa shape index (κ1) is 19.9. The summed E-state index contributed by atoms with van der Waals surface area (Å²) in [6.07, 6.45) is 1.02. The molecule has 0 unspecified atom stereocenters. The summed E-state index contributed by atoms with van der Waals surface area (Å²) in [6, 6.07) is 9.85.